The third kappa shape index (κ3) is 2.14. The second kappa shape index (κ2) is 5.37. The van der Waals surface area contributed by atoms with Gasteiger partial charge in [0.15, 0.2) is 0 Å². The third-order valence-corrected chi connectivity index (χ3v) is 12.2. The van der Waals surface area contributed by atoms with Gasteiger partial charge in [0.2, 0.25) is 0 Å². The summed E-state index contributed by atoms with van der Waals surface area (Å²) in [5.41, 5.74) is 5.99. The van der Waals surface area contributed by atoms with Crippen LogP contribution in [-0.2, 0) is 17.4 Å². The molecule has 0 N–H and O–H groups in total. The van der Waals surface area contributed by atoms with Crippen molar-refractivity contribution in [3.8, 4) is 0 Å². The van der Waals surface area contributed by atoms with Crippen LogP contribution in [0.15, 0.2) is 60.7 Å². The molecule has 0 saturated carbocycles. The monoisotopic (exact) mass is 308 g/mol. The zero-order valence-corrected chi connectivity index (χ0v) is 14.6. The van der Waals surface area contributed by atoms with E-state index in [1.54, 1.807) is 11.1 Å². The van der Waals surface area contributed by atoms with Crippen LogP contribution in [0.5, 0.6) is 0 Å². The predicted octanol–water partition coefficient (Wildman–Crippen LogP) is 4.43. The first-order valence-corrected chi connectivity index (χ1v) is 11.8. The zero-order valence-electron chi connectivity index (χ0n) is 12.4. The molecule has 0 aromatic heterocycles. The van der Waals surface area contributed by atoms with E-state index in [0.717, 1.165) is 0 Å². The van der Waals surface area contributed by atoms with Crippen molar-refractivity contribution in [2.24, 2.45) is 0 Å². The van der Waals surface area contributed by atoms with Crippen LogP contribution in [0.3, 0.4) is 0 Å². The molecule has 2 aliphatic carbocycles. The predicted molar refractivity (Wildman–Crippen MR) is 91.0 cm³/mol. The number of allylic oxidation sites excluding steroid dienone is 2. The number of benzene rings is 2. The summed E-state index contributed by atoms with van der Waals surface area (Å²) < 4.78 is 3.99. The Kier molecular flexibility index (Phi) is 3.37. The summed E-state index contributed by atoms with van der Waals surface area (Å²) in [4.78, 5) is 0. The molecule has 4 rings (SSSR count). The molecule has 0 nitrogen and oxygen atoms in total. The molecule has 0 aliphatic heterocycles. The Morgan fingerprint density at radius 2 is 1.24 bits per heavy atom. The summed E-state index contributed by atoms with van der Waals surface area (Å²) in [5, 5.41) is 0. The molecule has 0 bridgehead atoms. The van der Waals surface area contributed by atoms with Gasteiger partial charge >= 0.3 is 132 Å². The fraction of sp³-hybridized carbons (Fsp3) is 0.150. The van der Waals surface area contributed by atoms with Crippen LogP contribution in [0.2, 0.25) is 0 Å². The molecule has 2 aromatic carbocycles. The zero-order chi connectivity index (χ0) is 14.2. The van der Waals surface area contributed by atoms with E-state index in [-0.39, 0.29) is 0 Å². The molecule has 0 amide bonds. The quantitative estimate of drug-likeness (QED) is 0.720. The van der Waals surface area contributed by atoms with Gasteiger partial charge in [-0.1, -0.05) is 0 Å². The molecule has 0 fully saturated rings. The average Bonchev–Trinajstić information content (AvgIpc) is 3.14. The number of hydrogen-bond acceptors (Lipinski definition) is 0. The Bertz CT molecular complexity index is 716. The van der Waals surface area contributed by atoms with Gasteiger partial charge < -0.3 is 0 Å². The van der Waals surface area contributed by atoms with E-state index < -0.39 is 17.4 Å². The molecular formula is C20H20Ti. The van der Waals surface area contributed by atoms with Gasteiger partial charge in [-0.2, -0.15) is 0 Å². The Morgan fingerprint density at radius 3 is 1.71 bits per heavy atom. The van der Waals surface area contributed by atoms with E-state index in [4.69, 9.17) is 0 Å². The van der Waals surface area contributed by atoms with E-state index in [1.165, 1.54) is 11.1 Å². The SMILES string of the molecule is C[CH]=[TiH2]([CH]1C=Cc2ccccc21)[CH]1C=Cc2ccccc21. The molecule has 1 heteroatoms. The summed E-state index contributed by atoms with van der Waals surface area (Å²) >= 11 is -1.90. The van der Waals surface area contributed by atoms with Crippen LogP contribution in [0.1, 0.15) is 37.6 Å². The van der Waals surface area contributed by atoms with Crippen molar-refractivity contribution in [3.05, 3.63) is 82.9 Å². The van der Waals surface area contributed by atoms with E-state index >= 15 is 0 Å². The summed E-state index contributed by atoms with van der Waals surface area (Å²) in [7, 11) is 0. The number of hydrogen-bond donors (Lipinski definition) is 0. The average molecular weight is 308 g/mol. The van der Waals surface area contributed by atoms with Crippen LogP contribution < -0.4 is 0 Å². The summed E-state index contributed by atoms with van der Waals surface area (Å²) in [6.45, 7) is 2.30. The fourth-order valence-electron chi connectivity index (χ4n) is 4.25. The van der Waals surface area contributed by atoms with Crippen molar-refractivity contribution in [1.82, 2.24) is 0 Å². The van der Waals surface area contributed by atoms with E-state index in [1.807, 2.05) is 0 Å². The van der Waals surface area contributed by atoms with Gasteiger partial charge in [-0.3, -0.25) is 0 Å². The Hall–Kier alpha value is -1.50. The van der Waals surface area contributed by atoms with Gasteiger partial charge in [-0.25, -0.2) is 0 Å². The standard InChI is InChI=1S/2C9H7.C2H4.Ti.2H/c2*1-2-5-9-7-3-6-8(9)4-1;1-2;;;/h2*1-7H;1H,2H3;;;. The van der Waals surface area contributed by atoms with Crippen LogP contribution in [-0.4, -0.2) is 4.31 Å². The molecule has 0 spiro atoms. The maximum absolute atomic E-state index is 2.59. The second-order valence-corrected chi connectivity index (χ2v) is 12.5. The van der Waals surface area contributed by atoms with E-state index in [9.17, 15) is 0 Å². The Morgan fingerprint density at radius 1 is 0.762 bits per heavy atom. The summed E-state index contributed by atoms with van der Waals surface area (Å²) in [6.07, 6.45) is 9.61. The van der Waals surface area contributed by atoms with Crippen LogP contribution in [0, 0.1) is 0 Å². The molecule has 0 saturated heterocycles. The minimum absolute atomic E-state index is 0.701. The molecule has 21 heavy (non-hydrogen) atoms. The van der Waals surface area contributed by atoms with Crippen molar-refractivity contribution in [2.45, 2.75) is 15.4 Å². The third-order valence-electron chi connectivity index (χ3n) is 5.29. The normalized spacial score (nSPS) is 21.6. The van der Waals surface area contributed by atoms with Crippen molar-refractivity contribution in [2.75, 3.05) is 0 Å². The van der Waals surface area contributed by atoms with Crippen molar-refractivity contribution < 1.29 is 17.4 Å². The van der Waals surface area contributed by atoms with E-state index in [2.05, 4.69) is 84.1 Å². The summed E-state index contributed by atoms with van der Waals surface area (Å²) in [5.74, 6) is 0. The summed E-state index contributed by atoms with van der Waals surface area (Å²) in [6, 6.07) is 17.8. The molecule has 2 atom stereocenters. The van der Waals surface area contributed by atoms with Crippen molar-refractivity contribution in [3.63, 3.8) is 0 Å². The van der Waals surface area contributed by atoms with Gasteiger partial charge in [0.1, 0.15) is 0 Å². The molecule has 0 heterocycles. The van der Waals surface area contributed by atoms with Gasteiger partial charge in [0.05, 0.1) is 0 Å². The van der Waals surface area contributed by atoms with Gasteiger partial charge in [0, 0.05) is 0 Å². The molecular weight excluding hydrogens is 288 g/mol. The molecule has 2 aromatic rings. The first-order valence-electron chi connectivity index (χ1n) is 7.94. The topological polar surface area (TPSA) is 0 Å². The van der Waals surface area contributed by atoms with Gasteiger partial charge in [-0.15, -0.1) is 0 Å². The second-order valence-electron chi connectivity index (χ2n) is 6.30. The van der Waals surface area contributed by atoms with Gasteiger partial charge in [0.25, 0.3) is 0 Å². The maximum atomic E-state index is 2.59. The van der Waals surface area contributed by atoms with Gasteiger partial charge in [-0.05, 0) is 0 Å². The van der Waals surface area contributed by atoms with Crippen molar-refractivity contribution >= 4 is 16.5 Å². The number of fused-ring (bicyclic) bond motifs is 2. The first-order chi connectivity index (χ1) is 10.4. The Balaban J connectivity index is 1.76. The molecule has 104 valence electrons. The minimum atomic E-state index is -1.90. The number of rotatable bonds is 2. The fourth-order valence-corrected chi connectivity index (χ4v) is 10.8. The van der Waals surface area contributed by atoms with Crippen LogP contribution >= 0.6 is 0 Å². The molecule has 0 radical (unpaired) electrons. The first kappa shape index (κ1) is 13.2. The molecule has 2 aliphatic rings. The van der Waals surface area contributed by atoms with Crippen molar-refractivity contribution in [1.29, 1.82) is 0 Å². The van der Waals surface area contributed by atoms with Crippen LogP contribution in [0.25, 0.3) is 12.2 Å². The Labute approximate surface area is 132 Å². The molecule has 2 unspecified atom stereocenters. The van der Waals surface area contributed by atoms with Crippen LogP contribution in [0.4, 0.5) is 0 Å². The van der Waals surface area contributed by atoms with E-state index in [0.29, 0.717) is 8.45 Å².